The number of amides is 1. The summed E-state index contributed by atoms with van der Waals surface area (Å²) in [4.78, 5) is 12.4. The van der Waals surface area contributed by atoms with Crippen molar-refractivity contribution in [1.82, 2.24) is 0 Å². The number of hydrogen-bond acceptors (Lipinski definition) is 5. The number of carbonyl (C=O) groups excluding carboxylic acids is 1. The lowest BCUT2D eigenvalue weighted by atomic mass is 10.1. The molecule has 0 aromatic heterocycles. The highest BCUT2D eigenvalue weighted by atomic mass is 35.5. The summed E-state index contributed by atoms with van der Waals surface area (Å²) in [6.07, 6.45) is 0. The number of rotatable bonds is 8. The molecule has 3 rings (SSSR count). The van der Waals surface area contributed by atoms with E-state index < -0.39 is 15.9 Å². The Balaban J connectivity index is 1.78. The molecule has 32 heavy (non-hydrogen) atoms. The van der Waals surface area contributed by atoms with Crippen LogP contribution in [0.15, 0.2) is 65.6 Å². The molecule has 0 saturated carbocycles. The Morgan fingerprint density at radius 2 is 1.72 bits per heavy atom. The topological polar surface area (TPSA) is 93.7 Å². The molecule has 7 nitrogen and oxygen atoms in total. The van der Waals surface area contributed by atoms with Gasteiger partial charge in [0.1, 0.15) is 11.5 Å². The molecule has 0 aliphatic heterocycles. The summed E-state index contributed by atoms with van der Waals surface area (Å²) in [5.41, 5.74) is 2.44. The normalized spacial score (nSPS) is 11.0. The number of ether oxygens (including phenoxy) is 2. The highest BCUT2D eigenvalue weighted by Crippen LogP contribution is 2.30. The van der Waals surface area contributed by atoms with Gasteiger partial charge in [0.2, 0.25) is 0 Å². The Labute approximate surface area is 192 Å². The first kappa shape index (κ1) is 23.4. The van der Waals surface area contributed by atoms with E-state index in [4.69, 9.17) is 21.1 Å². The number of halogens is 1. The molecule has 3 aromatic rings. The molecule has 0 unspecified atom stereocenters. The fourth-order valence-corrected chi connectivity index (χ4v) is 4.25. The first-order valence-electron chi connectivity index (χ1n) is 9.65. The van der Waals surface area contributed by atoms with Gasteiger partial charge in [-0.2, -0.15) is 0 Å². The average molecular weight is 475 g/mol. The zero-order valence-electron chi connectivity index (χ0n) is 17.8. The van der Waals surface area contributed by atoms with Crippen molar-refractivity contribution in [2.75, 3.05) is 23.8 Å². The van der Waals surface area contributed by atoms with Crippen LogP contribution in [-0.4, -0.2) is 28.0 Å². The molecular weight excluding hydrogens is 452 g/mol. The van der Waals surface area contributed by atoms with Crippen LogP contribution >= 0.6 is 11.6 Å². The van der Waals surface area contributed by atoms with Crippen molar-refractivity contribution in [2.45, 2.75) is 18.7 Å². The second kappa shape index (κ2) is 9.93. The van der Waals surface area contributed by atoms with E-state index in [9.17, 15) is 13.2 Å². The van der Waals surface area contributed by atoms with Crippen LogP contribution < -0.4 is 19.5 Å². The zero-order chi connectivity index (χ0) is 23.3. The molecule has 3 aromatic carbocycles. The number of para-hydroxylation sites is 1. The molecule has 0 bridgehead atoms. The maximum absolute atomic E-state index is 12.8. The van der Waals surface area contributed by atoms with E-state index in [0.717, 1.165) is 11.1 Å². The third kappa shape index (κ3) is 5.52. The standard InChI is InChI=1S/C23H23ClN2O5S/c1-15-7-6-10-21(16(15)2)31-14-23(27)25-20-13-17(11-12-22(20)30-3)32(28,29)26-19-9-5-4-8-18(19)24/h4-13,26H,14H2,1-3H3,(H,25,27). The van der Waals surface area contributed by atoms with Gasteiger partial charge in [-0.25, -0.2) is 8.42 Å². The highest BCUT2D eigenvalue weighted by molar-refractivity contribution is 7.92. The van der Waals surface area contributed by atoms with Gasteiger partial charge >= 0.3 is 0 Å². The fourth-order valence-electron chi connectivity index (χ4n) is 2.91. The number of aryl methyl sites for hydroxylation is 1. The monoisotopic (exact) mass is 474 g/mol. The van der Waals surface area contributed by atoms with Gasteiger partial charge in [0, 0.05) is 0 Å². The van der Waals surface area contributed by atoms with Crippen molar-refractivity contribution in [1.29, 1.82) is 0 Å². The molecule has 0 atom stereocenters. The SMILES string of the molecule is COc1ccc(S(=O)(=O)Nc2ccccc2Cl)cc1NC(=O)COc1cccc(C)c1C. The predicted molar refractivity (Wildman–Crippen MR) is 125 cm³/mol. The Morgan fingerprint density at radius 1 is 0.969 bits per heavy atom. The molecule has 0 aliphatic rings. The quantitative estimate of drug-likeness (QED) is 0.490. The van der Waals surface area contributed by atoms with E-state index in [1.54, 1.807) is 30.3 Å². The van der Waals surface area contributed by atoms with Crippen LogP contribution in [0.1, 0.15) is 11.1 Å². The van der Waals surface area contributed by atoms with E-state index in [-0.39, 0.29) is 27.9 Å². The first-order valence-corrected chi connectivity index (χ1v) is 11.5. The van der Waals surface area contributed by atoms with Crippen LogP contribution in [0.2, 0.25) is 5.02 Å². The number of methoxy groups -OCH3 is 1. The van der Waals surface area contributed by atoms with Crippen LogP contribution in [0.25, 0.3) is 0 Å². The van der Waals surface area contributed by atoms with Gasteiger partial charge in [-0.3, -0.25) is 9.52 Å². The molecule has 0 spiro atoms. The maximum Gasteiger partial charge on any atom is 0.262 e. The van der Waals surface area contributed by atoms with Crippen LogP contribution in [0.4, 0.5) is 11.4 Å². The Bertz CT molecular complexity index is 1240. The summed E-state index contributed by atoms with van der Waals surface area (Å²) in [5, 5.41) is 2.91. The third-order valence-corrected chi connectivity index (χ3v) is 6.48. The number of carbonyl (C=O) groups is 1. The molecular formula is C23H23ClN2O5S. The van der Waals surface area contributed by atoms with E-state index in [1.807, 2.05) is 26.0 Å². The summed E-state index contributed by atoms with van der Waals surface area (Å²) in [5.74, 6) is 0.451. The Morgan fingerprint density at radius 3 is 2.44 bits per heavy atom. The maximum atomic E-state index is 12.8. The van der Waals surface area contributed by atoms with E-state index >= 15 is 0 Å². The van der Waals surface area contributed by atoms with Gasteiger partial charge in [-0.1, -0.05) is 35.9 Å². The van der Waals surface area contributed by atoms with Gasteiger partial charge in [0.15, 0.2) is 6.61 Å². The first-order chi connectivity index (χ1) is 15.2. The van der Waals surface area contributed by atoms with Crippen molar-refractivity contribution in [3.8, 4) is 11.5 Å². The summed E-state index contributed by atoms with van der Waals surface area (Å²) >= 11 is 6.05. The lowest BCUT2D eigenvalue weighted by molar-refractivity contribution is -0.118. The van der Waals surface area contributed by atoms with Crippen molar-refractivity contribution < 1.29 is 22.7 Å². The lowest BCUT2D eigenvalue weighted by Crippen LogP contribution is -2.21. The predicted octanol–water partition coefficient (Wildman–Crippen LogP) is 4.78. The smallest absolute Gasteiger partial charge is 0.262 e. The lowest BCUT2D eigenvalue weighted by Gasteiger charge is -2.15. The second-order valence-corrected chi connectivity index (χ2v) is 9.07. The number of benzene rings is 3. The van der Waals surface area contributed by atoms with Crippen LogP contribution in [0, 0.1) is 13.8 Å². The van der Waals surface area contributed by atoms with Gasteiger partial charge in [0.25, 0.3) is 15.9 Å². The summed E-state index contributed by atoms with van der Waals surface area (Å²) < 4.78 is 39.0. The van der Waals surface area contributed by atoms with Gasteiger partial charge < -0.3 is 14.8 Å². The molecule has 0 aliphatic carbocycles. The van der Waals surface area contributed by atoms with E-state index in [1.165, 1.54) is 25.3 Å². The Hall–Kier alpha value is -3.23. The average Bonchev–Trinajstić information content (AvgIpc) is 2.76. The summed E-state index contributed by atoms with van der Waals surface area (Å²) in [6, 6.07) is 16.2. The molecule has 1 amide bonds. The number of hydrogen-bond donors (Lipinski definition) is 2. The molecule has 0 heterocycles. The van der Waals surface area contributed by atoms with Gasteiger partial charge in [-0.05, 0) is 61.4 Å². The minimum atomic E-state index is -3.96. The zero-order valence-corrected chi connectivity index (χ0v) is 19.4. The minimum Gasteiger partial charge on any atom is -0.495 e. The number of anilines is 2. The molecule has 9 heteroatoms. The van der Waals surface area contributed by atoms with E-state index in [2.05, 4.69) is 10.0 Å². The van der Waals surface area contributed by atoms with Gasteiger partial charge in [-0.15, -0.1) is 0 Å². The largest absolute Gasteiger partial charge is 0.495 e. The van der Waals surface area contributed by atoms with Crippen LogP contribution in [0.5, 0.6) is 11.5 Å². The molecule has 2 N–H and O–H groups in total. The van der Waals surface area contributed by atoms with Crippen molar-refractivity contribution in [2.24, 2.45) is 0 Å². The molecule has 168 valence electrons. The summed E-state index contributed by atoms with van der Waals surface area (Å²) in [6.45, 7) is 3.62. The molecule has 0 saturated heterocycles. The van der Waals surface area contributed by atoms with Crippen molar-refractivity contribution in [3.63, 3.8) is 0 Å². The van der Waals surface area contributed by atoms with Crippen LogP contribution in [-0.2, 0) is 14.8 Å². The second-order valence-electron chi connectivity index (χ2n) is 6.98. The third-order valence-electron chi connectivity index (χ3n) is 4.79. The van der Waals surface area contributed by atoms with Crippen molar-refractivity contribution in [3.05, 3.63) is 76.8 Å². The fraction of sp³-hybridized carbons (Fsp3) is 0.174. The number of sulfonamides is 1. The van der Waals surface area contributed by atoms with Crippen molar-refractivity contribution >= 4 is 38.9 Å². The summed E-state index contributed by atoms with van der Waals surface area (Å²) in [7, 11) is -2.53. The van der Waals surface area contributed by atoms with E-state index in [0.29, 0.717) is 11.5 Å². The van der Waals surface area contributed by atoms with Crippen LogP contribution in [0.3, 0.4) is 0 Å². The molecule has 0 fully saturated rings. The Kier molecular flexibility index (Phi) is 7.27. The highest BCUT2D eigenvalue weighted by Gasteiger charge is 2.19. The number of nitrogens with one attached hydrogen (secondary N) is 2. The molecule has 0 radical (unpaired) electrons. The minimum absolute atomic E-state index is 0.0658. The van der Waals surface area contributed by atoms with Gasteiger partial charge in [0.05, 0.1) is 28.4 Å².